The van der Waals surface area contributed by atoms with E-state index < -0.39 is 5.97 Å². The Balaban J connectivity index is 1.89. The summed E-state index contributed by atoms with van der Waals surface area (Å²) in [7, 11) is 1.30. The maximum absolute atomic E-state index is 13.5. The molecule has 0 unspecified atom stereocenters. The fraction of sp³-hybridized carbons (Fsp3) is 0.136. The van der Waals surface area contributed by atoms with E-state index in [0.29, 0.717) is 34.4 Å². The van der Waals surface area contributed by atoms with Crippen molar-refractivity contribution in [3.05, 3.63) is 83.4 Å². The Kier molecular flexibility index (Phi) is 5.79. The minimum atomic E-state index is -0.479. The number of benzene rings is 2. The zero-order valence-corrected chi connectivity index (χ0v) is 15.5. The van der Waals surface area contributed by atoms with Gasteiger partial charge in [0.25, 0.3) is 5.91 Å². The molecule has 1 amide bonds. The van der Waals surface area contributed by atoms with Gasteiger partial charge in [0, 0.05) is 23.6 Å². The number of hydrogen-bond donors (Lipinski definition) is 1. The van der Waals surface area contributed by atoms with Crippen molar-refractivity contribution in [1.29, 1.82) is 0 Å². The molecule has 0 bridgehead atoms. The SMILES string of the molecule is CCc1ccc(C(=O)OC)cc1NC(=O)c1cncc(-c2cccc(F)c2)c1. The van der Waals surface area contributed by atoms with E-state index in [9.17, 15) is 14.0 Å². The van der Waals surface area contributed by atoms with E-state index in [1.807, 2.05) is 6.92 Å². The number of amides is 1. The van der Waals surface area contributed by atoms with Gasteiger partial charge in [-0.25, -0.2) is 9.18 Å². The number of aromatic nitrogens is 1. The van der Waals surface area contributed by atoms with Gasteiger partial charge in [-0.1, -0.05) is 25.1 Å². The first-order valence-electron chi connectivity index (χ1n) is 8.75. The van der Waals surface area contributed by atoms with Gasteiger partial charge in [-0.05, 0) is 47.9 Å². The molecule has 5 nitrogen and oxygen atoms in total. The Morgan fingerprint density at radius 1 is 1.04 bits per heavy atom. The molecular weight excluding hydrogens is 359 g/mol. The van der Waals surface area contributed by atoms with Crippen LogP contribution in [0.2, 0.25) is 0 Å². The Morgan fingerprint density at radius 2 is 1.86 bits per heavy atom. The summed E-state index contributed by atoms with van der Waals surface area (Å²) in [6, 6.07) is 12.8. The van der Waals surface area contributed by atoms with E-state index >= 15 is 0 Å². The van der Waals surface area contributed by atoms with Gasteiger partial charge < -0.3 is 10.1 Å². The average molecular weight is 378 g/mol. The van der Waals surface area contributed by atoms with Crippen molar-refractivity contribution in [2.45, 2.75) is 13.3 Å². The molecule has 28 heavy (non-hydrogen) atoms. The van der Waals surface area contributed by atoms with Gasteiger partial charge in [0.1, 0.15) is 5.82 Å². The Morgan fingerprint density at radius 3 is 2.57 bits per heavy atom. The number of carbonyl (C=O) groups excluding carboxylic acids is 2. The number of halogens is 1. The molecule has 1 heterocycles. The highest BCUT2D eigenvalue weighted by Crippen LogP contribution is 2.23. The van der Waals surface area contributed by atoms with Crippen molar-refractivity contribution in [2.24, 2.45) is 0 Å². The van der Waals surface area contributed by atoms with E-state index in [0.717, 1.165) is 5.56 Å². The van der Waals surface area contributed by atoms with Gasteiger partial charge >= 0.3 is 5.97 Å². The summed E-state index contributed by atoms with van der Waals surface area (Å²) >= 11 is 0. The van der Waals surface area contributed by atoms with Crippen LogP contribution in [0, 0.1) is 5.82 Å². The second-order valence-corrected chi connectivity index (χ2v) is 6.14. The third-order valence-electron chi connectivity index (χ3n) is 4.32. The molecule has 0 atom stereocenters. The maximum atomic E-state index is 13.5. The van der Waals surface area contributed by atoms with Crippen molar-refractivity contribution in [3.63, 3.8) is 0 Å². The number of aryl methyl sites for hydroxylation is 1. The smallest absolute Gasteiger partial charge is 0.337 e. The standard InChI is InChI=1S/C22H19FN2O3/c1-3-14-7-8-16(22(27)28-2)11-20(14)25-21(26)18-9-17(12-24-13-18)15-5-4-6-19(23)10-15/h4-13H,3H2,1-2H3,(H,25,26). The zero-order chi connectivity index (χ0) is 20.1. The van der Waals surface area contributed by atoms with Crippen molar-refractivity contribution < 1.29 is 18.7 Å². The summed E-state index contributed by atoms with van der Waals surface area (Å²) in [5.41, 5.74) is 3.35. The summed E-state index contributed by atoms with van der Waals surface area (Å²) in [6.45, 7) is 1.95. The topological polar surface area (TPSA) is 68.3 Å². The van der Waals surface area contributed by atoms with E-state index in [-0.39, 0.29) is 11.7 Å². The molecule has 0 radical (unpaired) electrons. The van der Waals surface area contributed by atoms with Gasteiger partial charge in [0.05, 0.1) is 18.2 Å². The van der Waals surface area contributed by atoms with Crippen LogP contribution in [0.3, 0.4) is 0 Å². The van der Waals surface area contributed by atoms with Crippen LogP contribution in [0.25, 0.3) is 11.1 Å². The molecule has 3 aromatic rings. The lowest BCUT2D eigenvalue weighted by atomic mass is 10.0. The van der Waals surface area contributed by atoms with E-state index in [1.54, 1.807) is 42.6 Å². The second-order valence-electron chi connectivity index (χ2n) is 6.14. The summed E-state index contributed by atoms with van der Waals surface area (Å²) < 4.78 is 18.2. The fourth-order valence-electron chi connectivity index (χ4n) is 2.83. The van der Waals surface area contributed by atoms with Gasteiger partial charge in [0.15, 0.2) is 0 Å². The molecule has 0 spiro atoms. The van der Waals surface area contributed by atoms with Gasteiger partial charge in [-0.3, -0.25) is 9.78 Å². The van der Waals surface area contributed by atoms with Crippen LogP contribution in [0.4, 0.5) is 10.1 Å². The summed E-state index contributed by atoms with van der Waals surface area (Å²) in [5, 5.41) is 2.83. The van der Waals surface area contributed by atoms with Crippen LogP contribution < -0.4 is 5.32 Å². The Hall–Kier alpha value is -3.54. The maximum Gasteiger partial charge on any atom is 0.337 e. The first kappa shape index (κ1) is 19.2. The number of nitrogens with zero attached hydrogens (tertiary/aromatic N) is 1. The molecule has 0 aliphatic carbocycles. The highest BCUT2D eigenvalue weighted by Gasteiger charge is 2.14. The minimum Gasteiger partial charge on any atom is -0.465 e. The normalized spacial score (nSPS) is 10.4. The Bertz CT molecular complexity index is 1030. The molecule has 0 aliphatic heterocycles. The molecule has 0 saturated carbocycles. The average Bonchev–Trinajstić information content (AvgIpc) is 2.73. The van der Waals surface area contributed by atoms with Gasteiger partial charge in [-0.2, -0.15) is 0 Å². The Labute approximate surface area is 162 Å². The molecule has 2 aromatic carbocycles. The van der Waals surface area contributed by atoms with Crippen LogP contribution in [-0.2, 0) is 11.2 Å². The minimum absolute atomic E-state index is 0.326. The van der Waals surface area contributed by atoms with Crippen molar-refractivity contribution in [2.75, 3.05) is 12.4 Å². The molecule has 0 saturated heterocycles. The first-order valence-corrected chi connectivity index (χ1v) is 8.75. The molecule has 0 fully saturated rings. The van der Waals surface area contributed by atoms with E-state index in [2.05, 4.69) is 10.3 Å². The van der Waals surface area contributed by atoms with Crippen LogP contribution in [0.15, 0.2) is 60.9 Å². The molecular formula is C22H19FN2O3. The number of carbonyl (C=O) groups is 2. The van der Waals surface area contributed by atoms with Gasteiger partial charge in [-0.15, -0.1) is 0 Å². The zero-order valence-electron chi connectivity index (χ0n) is 15.5. The second kappa shape index (κ2) is 8.43. The molecule has 142 valence electrons. The molecule has 6 heteroatoms. The van der Waals surface area contributed by atoms with E-state index in [1.165, 1.54) is 25.4 Å². The third-order valence-corrected chi connectivity index (χ3v) is 4.32. The summed E-state index contributed by atoms with van der Waals surface area (Å²) in [6.07, 6.45) is 3.69. The van der Waals surface area contributed by atoms with E-state index in [4.69, 9.17) is 4.74 Å². The van der Waals surface area contributed by atoms with Gasteiger partial charge in [0.2, 0.25) is 0 Å². The number of hydrogen-bond acceptors (Lipinski definition) is 4. The number of rotatable bonds is 5. The highest BCUT2D eigenvalue weighted by atomic mass is 19.1. The van der Waals surface area contributed by atoms with Crippen LogP contribution in [0.1, 0.15) is 33.2 Å². The van der Waals surface area contributed by atoms with Crippen molar-refractivity contribution in [1.82, 2.24) is 4.98 Å². The quantitative estimate of drug-likeness (QED) is 0.664. The number of esters is 1. The largest absolute Gasteiger partial charge is 0.465 e. The highest BCUT2D eigenvalue weighted by molar-refractivity contribution is 6.05. The number of ether oxygens (including phenoxy) is 1. The van der Waals surface area contributed by atoms with Crippen LogP contribution >= 0.6 is 0 Å². The van der Waals surface area contributed by atoms with Crippen LogP contribution in [-0.4, -0.2) is 24.0 Å². The fourth-order valence-corrected chi connectivity index (χ4v) is 2.83. The lowest BCUT2D eigenvalue weighted by molar-refractivity contribution is 0.0600. The first-order chi connectivity index (χ1) is 13.5. The third kappa shape index (κ3) is 4.23. The molecule has 3 rings (SSSR count). The molecule has 0 aliphatic rings. The van der Waals surface area contributed by atoms with Crippen LogP contribution in [0.5, 0.6) is 0 Å². The lowest BCUT2D eigenvalue weighted by Gasteiger charge is -2.12. The number of anilines is 1. The monoisotopic (exact) mass is 378 g/mol. The number of pyridine rings is 1. The predicted octanol–water partition coefficient (Wildman–Crippen LogP) is 4.49. The number of methoxy groups -OCH3 is 1. The van der Waals surface area contributed by atoms with Crippen molar-refractivity contribution in [3.8, 4) is 11.1 Å². The summed E-state index contributed by atoms with van der Waals surface area (Å²) in [4.78, 5) is 28.6. The number of nitrogens with one attached hydrogen (secondary N) is 1. The molecule has 1 aromatic heterocycles. The summed E-state index contributed by atoms with van der Waals surface area (Å²) in [5.74, 6) is -1.21. The van der Waals surface area contributed by atoms with Crippen molar-refractivity contribution >= 4 is 17.6 Å². The predicted molar refractivity (Wildman–Crippen MR) is 105 cm³/mol. The molecule has 1 N–H and O–H groups in total. The lowest BCUT2D eigenvalue weighted by Crippen LogP contribution is -2.14.